The second-order valence-electron chi connectivity index (χ2n) is 8.42. The highest BCUT2D eigenvalue weighted by atomic mass is 35.5. The van der Waals surface area contributed by atoms with Crippen LogP contribution < -0.4 is 4.90 Å². The smallest absolute Gasteiger partial charge is 0.233 e. The van der Waals surface area contributed by atoms with Crippen LogP contribution in [0.3, 0.4) is 0 Å². The number of nitrogens with zero attached hydrogens (tertiary/aromatic N) is 3. The molecule has 4 rings (SSSR count). The van der Waals surface area contributed by atoms with Crippen molar-refractivity contribution >= 4 is 45.0 Å². The van der Waals surface area contributed by atoms with Crippen molar-refractivity contribution < 1.29 is 9.53 Å². The summed E-state index contributed by atoms with van der Waals surface area (Å²) >= 11 is 1.61. The average molecular weight is 474 g/mol. The van der Waals surface area contributed by atoms with E-state index in [9.17, 15) is 4.79 Å². The zero-order valence-electron chi connectivity index (χ0n) is 19.1. The third-order valence-electron chi connectivity index (χ3n) is 5.95. The first-order chi connectivity index (χ1) is 15.0. The Labute approximate surface area is 200 Å². The van der Waals surface area contributed by atoms with Crippen LogP contribution in [0.1, 0.15) is 28.7 Å². The molecule has 0 aliphatic carbocycles. The van der Waals surface area contributed by atoms with Gasteiger partial charge in [0.2, 0.25) is 5.91 Å². The van der Waals surface area contributed by atoms with E-state index < -0.39 is 0 Å². The molecule has 0 atom stereocenters. The highest BCUT2D eigenvalue weighted by Gasteiger charge is 2.21. The van der Waals surface area contributed by atoms with Gasteiger partial charge in [-0.05, 0) is 61.6 Å². The Morgan fingerprint density at radius 1 is 1.09 bits per heavy atom. The molecule has 0 bridgehead atoms. The highest BCUT2D eigenvalue weighted by Crippen LogP contribution is 2.30. The molecular formula is C25H32ClN3O2S. The number of aryl methyl sites for hydroxylation is 3. The van der Waals surface area contributed by atoms with E-state index >= 15 is 0 Å². The Morgan fingerprint density at radius 3 is 2.62 bits per heavy atom. The third-order valence-corrected chi connectivity index (χ3v) is 6.99. The summed E-state index contributed by atoms with van der Waals surface area (Å²) in [6.45, 7) is 11.5. The molecule has 2 aromatic carbocycles. The monoisotopic (exact) mass is 473 g/mol. The summed E-state index contributed by atoms with van der Waals surface area (Å²) in [5.74, 6) is 0.112. The largest absolute Gasteiger partial charge is 0.379 e. The molecule has 3 aromatic rings. The van der Waals surface area contributed by atoms with E-state index in [1.807, 2.05) is 11.0 Å². The molecule has 0 unspecified atom stereocenters. The van der Waals surface area contributed by atoms with Gasteiger partial charge in [-0.15, -0.1) is 12.4 Å². The van der Waals surface area contributed by atoms with Crippen LogP contribution in [0.25, 0.3) is 10.2 Å². The Hall–Kier alpha value is -1.99. The average Bonchev–Trinajstić information content (AvgIpc) is 3.17. The minimum atomic E-state index is 0. The molecule has 1 aliphatic heterocycles. The first-order valence-electron chi connectivity index (χ1n) is 11.0. The van der Waals surface area contributed by atoms with Crippen molar-refractivity contribution in [2.45, 2.75) is 33.6 Å². The van der Waals surface area contributed by atoms with Gasteiger partial charge in [-0.3, -0.25) is 14.6 Å². The number of ether oxygens (including phenoxy) is 1. The molecule has 1 aliphatic rings. The maximum Gasteiger partial charge on any atom is 0.233 e. The molecule has 1 aromatic heterocycles. The fourth-order valence-electron chi connectivity index (χ4n) is 3.92. The predicted molar refractivity (Wildman–Crippen MR) is 135 cm³/mol. The maximum atomic E-state index is 13.4. The van der Waals surface area contributed by atoms with Crippen LogP contribution in [-0.4, -0.2) is 55.2 Å². The van der Waals surface area contributed by atoms with Gasteiger partial charge in [0.25, 0.3) is 0 Å². The van der Waals surface area contributed by atoms with Gasteiger partial charge in [-0.25, -0.2) is 4.98 Å². The first kappa shape index (κ1) is 24.6. The molecule has 0 spiro atoms. The van der Waals surface area contributed by atoms with Gasteiger partial charge in [0.05, 0.1) is 29.9 Å². The second-order valence-corrected chi connectivity index (χ2v) is 9.43. The second kappa shape index (κ2) is 11.2. The van der Waals surface area contributed by atoms with Crippen LogP contribution in [0.5, 0.6) is 0 Å². The van der Waals surface area contributed by atoms with Crippen molar-refractivity contribution in [3.05, 3.63) is 58.7 Å². The third kappa shape index (κ3) is 6.07. The van der Waals surface area contributed by atoms with E-state index in [0.717, 1.165) is 60.2 Å². The van der Waals surface area contributed by atoms with Crippen LogP contribution >= 0.6 is 23.7 Å². The summed E-state index contributed by atoms with van der Waals surface area (Å²) < 4.78 is 6.58. The predicted octanol–water partition coefficient (Wildman–Crippen LogP) is 4.94. The molecular weight excluding hydrogens is 442 g/mol. The maximum absolute atomic E-state index is 13.4. The molecule has 7 heteroatoms. The number of halogens is 1. The molecule has 0 saturated carbocycles. The van der Waals surface area contributed by atoms with Crippen molar-refractivity contribution in [1.29, 1.82) is 0 Å². The number of anilines is 1. The van der Waals surface area contributed by atoms with Crippen molar-refractivity contribution in [3.8, 4) is 0 Å². The molecule has 172 valence electrons. The van der Waals surface area contributed by atoms with Gasteiger partial charge in [0.15, 0.2) is 5.13 Å². The van der Waals surface area contributed by atoms with Crippen LogP contribution in [0.2, 0.25) is 0 Å². The molecule has 1 fully saturated rings. The van der Waals surface area contributed by atoms with Crippen LogP contribution in [0.4, 0.5) is 5.13 Å². The Kier molecular flexibility index (Phi) is 8.65. The summed E-state index contributed by atoms with van der Waals surface area (Å²) in [7, 11) is 0. The van der Waals surface area contributed by atoms with Crippen molar-refractivity contribution in [2.75, 3.05) is 44.3 Å². The standard InChI is InChI=1S/C25H31N3O2S.ClH/c1-18-5-8-22-23(15-18)31-25(26-22)28(10-4-9-27-11-13-30-14-12-27)24(29)17-21-7-6-19(2)20(3)16-21;/h5-8,15-16H,4,9-14,17H2,1-3H3;1H. The summed E-state index contributed by atoms with van der Waals surface area (Å²) in [6, 6.07) is 12.6. The van der Waals surface area contributed by atoms with Crippen molar-refractivity contribution in [2.24, 2.45) is 0 Å². The number of morpholine rings is 1. The summed E-state index contributed by atoms with van der Waals surface area (Å²) in [5.41, 5.74) is 5.70. The topological polar surface area (TPSA) is 45.7 Å². The molecule has 0 N–H and O–H groups in total. The normalized spacial score (nSPS) is 14.3. The van der Waals surface area contributed by atoms with E-state index in [4.69, 9.17) is 9.72 Å². The minimum absolute atomic E-state index is 0. The summed E-state index contributed by atoms with van der Waals surface area (Å²) in [4.78, 5) is 22.5. The van der Waals surface area contributed by atoms with E-state index in [1.54, 1.807) is 11.3 Å². The molecule has 2 heterocycles. The van der Waals surface area contributed by atoms with Crippen LogP contribution in [0.15, 0.2) is 36.4 Å². The van der Waals surface area contributed by atoms with Gasteiger partial charge in [0, 0.05) is 26.2 Å². The Balaban J connectivity index is 0.00000289. The SMILES string of the molecule is Cc1ccc2nc(N(CCCN3CCOCC3)C(=O)Cc3ccc(C)c(C)c3)sc2c1.Cl. The number of benzene rings is 2. The summed E-state index contributed by atoms with van der Waals surface area (Å²) in [5, 5.41) is 0.802. The first-order valence-corrected chi connectivity index (χ1v) is 11.8. The lowest BCUT2D eigenvalue weighted by Gasteiger charge is -2.27. The number of hydrogen-bond donors (Lipinski definition) is 0. The van der Waals surface area contributed by atoms with E-state index in [0.29, 0.717) is 13.0 Å². The number of carbonyl (C=O) groups is 1. The lowest BCUT2D eigenvalue weighted by Crippen LogP contribution is -2.39. The molecule has 0 radical (unpaired) electrons. The number of hydrogen-bond acceptors (Lipinski definition) is 5. The van der Waals surface area contributed by atoms with E-state index in [1.165, 1.54) is 16.7 Å². The fourth-order valence-corrected chi connectivity index (χ4v) is 5.03. The Morgan fingerprint density at radius 2 is 1.88 bits per heavy atom. The van der Waals surface area contributed by atoms with Gasteiger partial charge < -0.3 is 4.74 Å². The molecule has 1 amide bonds. The lowest BCUT2D eigenvalue weighted by atomic mass is 10.0. The zero-order chi connectivity index (χ0) is 21.8. The summed E-state index contributed by atoms with van der Waals surface area (Å²) in [6.07, 6.45) is 1.32. The van der Waals surface area contributed by atoms with Crippen LogP contribution in [0, 0.1) is 20.8 Å². The van der Waals surface area contributed by atoms with Gasteiger partial charge in [-0.1, -0.05) is 35.6 Å². The highest BCUT2D eigenvalue weighted by molar-refractivity contribution is 7.22. The lowest BCUT2D eigenvalue weighted by molar-refractivity contribution is -0.118. The fraction of sp³-hybridized carbons (Fsp3) is 0.440. The van der Waals surface area contributed by atoms with E-state index in [2.05, 4.69) is 56.0 Å². The van der Waals surface area contributed by atoms with Crippen LogP contribution in [-0.2, 0) is 16.0 Å². The molecule has 5 nitrogen and oxygen atoms in total. The number of carbonyl (C=O) groups excluding carboxylic acids is 1. The van der Waals surface area contributed by atoms with Crippen molar-refractivity contribution in [3.63, 3.8) is 0 Å². The number of amides is 1. The minimum Gasteiger partial charge on any atom is -0.379 e. The van der Waals surface area contributed by atoms with Gasteiger partial charge in [0.1, 0.15) is 0 Å². The number of thiazole rings is 1. The van der Waals surface area contributed by atoms with Gasteiger partial charge >= 0.3 is 0 Å². The molecule has 32 heavy (non-hydrogen) atoms. The number of aromatic nitrogens is 1. The van der Waals surface area contributed by atoms with Crippen molar-refractivity contribution in [1.82, 2.24) is 9.88 Å². The zero-order valence-corrected chi connectivity index (χ0v) is 20.7. The molecule has 1 saturated heterocycles. The van der Waals surface area contributed by atoms with Gasteiger partial charge in [-0.2, -0.15) is 0 Å². The Bertz CT molecular complexity index is 1060. The quantitative estimate of drug-likeness (QED) is 0.487. The van der Waals surface area contributed by atoms with E-state index in [-0.39, 0.29) is 18.3 Å². The number of fused-ring (bicyclic) bond motifs is 1. The number of rotatable bonds is 7.